The molecule has 0 aromatic heterocycles. The molecule has 2 aliphatic rings. The van der Waals surface area contributed by atoms with Crippen molar-refractivity contribution < 1.29 is 17.7 Å². The van der Waals surface area contributed by atoms with Crippen molar-refractivity contribution in [1.82, 2.24) is 0 Å². The van der Waals surface area contributed by atoms with Gasteiger partial charge in [0.2, 0.25) is 0 Å². The SMILES string of the molecule is O=S(=O)(O)C1CC2C=CC1O2.[NaH]. The summed E-state index contributed by atoms with van der Waals surface area (Å²) in [6.45, 7) is 0. The van der Waals surface area contributed by atoms with Crippen LogP contribution in [0, 0.1) is 0 Å². The normalized spacial score (nSPS) is 38.2. The standard InChI is InChI=1S/C6H8O4S.Na.H/c7-11(8,9)6-3-4-1-2-5(6)10-4;;/h1-2,4-6H,3H2,(H,7,8,9);;. The molecule has 3 atom stereocenters. The molecular formula is C6H9NaO4S. The van der Waals surface area contributed by atoms with E-state index in [4.69, 9.17) is 9.29 Å². The number of rotatable bonds is 1. The molecule has 3 unspecified atom stereocenters. The van der Waals surface area contributed by atoms with Crippen molar-refractivity contribution in [2.24, 2.45) is 0 Å². The Hall–Kier alpha value is 0.610. The van der Waals surface area contributed by atoms with Gasteiger partial charge in [-0.2, -0.15) is 8.42 Å². The van der Waals surface area contributed by atoms with E-state index in [2.05, 4.69) is 0 Å². The molecule has 1 saturated heterocycles. The Morgan fingerprint density at radius 3 is 2.33 bits per heavy atom. The Balaban J connectivity index is 0.000000720. The average molecular weight is 200 g/mol. The van der Waals surface area contributed by atoms with Crippen molar-refractivity contribution in [3.05, 3.63) is 12.2 Å². The van der Waals surface area contributed by atoms with E-state index < -0.39 is 21.5 Å². The number of hydrogen-bond acceptors (Lipinski definition) is 3. The molecule has 12 heavy (non-hydrogen) atoms. The van der Waals surface area contributed by atoms with Gasteiger partial charge < -0.3 is 4.74 Å². The molecule has 0 spiro atoms. The van der Waals surface area contributed by atoms with Crippen LogP contribution in [0.2, 0.25) is 0 Å². The van der Waals surface area contributed by atoms with Crippen LogP contribution >= 0.6 is 0 Å². The maximum atomic E-state index is 10.7. The summed E-state index contributed by atoms with van der Waals surface area (Å²) < 4.78 is 35.2. The van der Waals surface area contributed by atoms with Crippen molar-refractivity contribution in [3.63, 3.8) is 0 Å². The van der Waals surface area contributed by atoms with Crippen molar-refractivity contribution >= 4 is 39.7 Å². The van der Waals surface area contributed by atoms with Gasteiger partial charge in [-0.15, -0.1) is 0 Å². The second-order valence-corrected chi connectivity index (χ2v) is 4.45. The van der Waals surface area contributed by atoms with Crippen molar-refractivity contribution in [3.8, 4) is 0 Å². The zero-order chi connectivity index (χ0) is 8.06. The van der Waals surface area contributed by atoms with Gasteiger partial charge in [0.1, 0.15) is 5.25 Å². The van der Waals surface area contributed by atoms with E-state index in [1.807, 2.05) is 6.08 Å². The minimum absolute atomic E-state index is 0. The average Bonchev–Trinajstić information content (AvgIpc) is 2.42. The van der Waals surface area contributed by atoms with Gasteiger partial charge in [0.25, 0.3) is 10.1 Å². The Kier molecular flexibility index (Phi) is 3.03. The predicted octanol–water partition coefficient (Wildman–Crippen LogP) is -0.678. The first-order chi connectivity index (χ1) is 5.07. The van der Waals surface area contributed by atoms with E-state index in [0.717, 1.165) is 0 Å². The van der Waals surface area contributed by atoms with Crippen LogP contribution in [0.5, 0.6) is 0 Å². The van der Waals surface area contributed by atoms with Crippen LogP contribution in [0.3, 0.4) is 0 Å². The third kappa shape index (κ3) is 1.76. The molecular weight excluding hydrogens is 191 g/mol. The van der Waals surface area contributed by atoms with Crippen LogP contribution in [0.25, 0.3) is 0 Å². The van der Waals surface area contributed by atoms with Crippen molar-refractivity contribution in [2.75, 3.05) is 0 Å². The topological polar surface area (TPSA) is 63.6 Å². The third-order valence-corrected chi connectivity index (χ3v) is 3.29. The second-order valence-electron chi connectivity index (χ2n) is 2.81. The van der Waals surface area contributed by atoms with Crippen LogP contribution in [0.1, 0.15) is 6.42 Å². The van der Waals surface area contributed by atoms with E-state index in [1.165, 1.54) is 0 Å². The zero-order valence-electron chi connectivity index (χ0n) is 5.67. The van der Waals surface area contributed by atoms with Crippen LogP contribution in [-0.4, -0.2) is 60.0 Å². The molecule has 2 rings (SSSR count). The quantitative estimate of drug-likeness (QED) is 0.346. The molecule has 0 aromatic carbocycles. The predicted molar refractivity (Wildman–Crippen MR) is 44.9 cm³/mol. The van der Waals surface area contributed by atoms with E-state index in [0.29, 0.717) is 6.42 Å². The number of hydrogen-bond donors (Lipinski definition) is 1. The summed E-state index contributed by atoms with van der Waals surface area (Å²) in [6, 6.07) is 0. The van der Waals surface area contributed by atoms with Crippen LogP contribution in [-0.2, 0) is 14.9 Å². The Morgan fingerprint density at radius 2 is 2.08 bits per heavy atom. The van der Waals surface area contributed by atoms with E-state index >= 15 is 0 Å². The number of ether oxygens (including phenoxy) is 1. The Labute approximate surface area is 93.0 Å². The fourth-order valence-electron chi connectivity index (χ4n) is 1.53. The van der Waals surface area contributed by atoms with Gasteiger partial charge >= 0.3 is 29.6 Å². The van der Waals surface area contributed by atoms with E-state index in [1.54, 1.807) is 6.08 Å². The fraction of sp³-hybridized carbons (Fsp3) is 0.667. The van der Waals surface area contributed by atoms with Gasteiger partial charge in [-0.1, -0.05) is 12.2 Å². The monoisotopic (exact) mass is 200 g/mol. The van der Waals surface area contributed by atoms with E-state index in [9.17, 15) is 8.42 Å². The van der Waals surface area contributed by atoms with Gasteiger partial charge in [0.05, 0.1) is 12.2 Å². The van der Waals surface area contributed by atoms with Gasteiger partial charge in [-0.25, -0.2) is 0 Å². The molecule has 1 N–H and O–H groups in total. The molecule has 2 heterocycles. The van der Waals surface area contributed by atoms with Gasteiger partial charge in [-0.3, -0.25) is 4.55 Å². The fourth-order valence-corrected chi connectivity index (χ4v) is 2.45. The van der Waals surface area contributed by atoms with Gasteiger partial charge in [-0.05, 0) is 6.42 Å². The summed E-state index contributed by atoms with van der Waals surface area (Å²) in [7, 11) is -3.91. The maximum absolute atomic E-state index is 10.7. The molecule has 64 valence electrons. The Bertz CT molecular complexity index is 297. The first kappa shape index (κ1) is 10.7. The first-order valence-electron chi connectivity index (χ1n) is 3.37. The molecule has 0 radical (unpaired) electrons. The summed E-state index contributed by atoms with van der Waals surface area (Å²) >= 11 is 0. The Morgan fingerprint density at radius 1 is 1.42 bits per heavy atom. The number of fused-ring (bicyclic) bond motifs is 2. The molecule has 0 saturated carbocycles. The van der Waals surface area contributed by atoms with Crippen molar-refractivity contribution in [1.29, 1.82) is 0 Å². The third-order valence-electron chi connectivity index (χ3n) is 2.06. The summed E-state index contributed by atoms with van der Waals surface area (Å²) in [5.74, 6) is 0. The molecule has 2 aliphatic heterocycles. The van der Waals surface area contributed by atoms with E-state index in [-0.39, 0.29) is 35.7 Å². The van der Waals surface area contributed by atoms with Crippen LogP contribution in [0.15, 0.2) is 12.2 Å². The zero-order valence-corrected chi connectivity index (χ0v) is 6.49. The molecule has 4 nitrogen and oxygen atoms in total. The molecule has 6 heteroatoms. The summed E-state index contributed by atoms with van der Waals surface area (Å²) in [6.07, 6.45) is 3.38. The van der Waals surface area contributed by atoms with Crippen molar-refractivity contribution in [2.45, 2.75) is 23.9 Å². The molecule has 1 fully saturated rings. The van der Waals surface area contributed by atoms with Crippen LogP contribution < -0.4 is 0 Å². The van der Waals surface area contributed by atoms with Crippen LogP contribution in [0.4, 0.5) is 0 Å². The van der Waals surface area contributed by atoms with Gasteiger partial charge in [0.15, 0.2) is 0 Å². The molecule has 0 amide bonds. The summed E-state index contributed by atoms with van der Waals surface area (Å²) in [4.78, 5) is 0. The molecule has 0 aliphatic carbocycles. The minimum atomic E-state index is -3.91. The second kappa shape index (κ2) is 3.40. The van der Waals surface area contributed by atoms with Gasteiger partial charge in [0, 0.05) is 0 Å². The molecule has 0 aromatic rings. The summed E-state index contributed by atoms with van der Waals surface area (Å²) in [5, 5.41) is -0.738. The summed E-state index contributed by atoms with van der Waals surface area (Å²) in [5.41, 5.74) is 0. The first-order valence-corrected chi connectivity index (χ1v) is 4.88. The molecule has 2 bridgehead atoms.